The van der Waals surface area contributed by atoms with Crippen LogP contribution < -0.4 is 60.0 Å². The zero-order valence-corrected chi connectivity index (χ0v) is 39.7. The molecule has 7 rings (SSSR count). The Morgan fingerprint density at radius 3 is 0.750 bits per heavy atom. The number of rotatable bonds is 24. The highest BCUT2D eigenvalue weighted by Crippen LogP contribution is 2.23. The third kappa shape index (κ3) is 13.8. The predicted octanol–water partition coefficient (Wildman–Crippen LogP) is 8.89. The summed E-state index contributed by atoms with van der Waals surface area (Å²) in [6.07, 6.45) is 5.63. The van der Waals surface area contributed by atoms with Crippen molar-refractivity contribution in [1.29, 1.82) is 0 Å². The summed E-state index contributed by atoms with van der Waals surface area (Å²) in [7, 11) is 0. The molecule has 372 valence electrons. The average Bonchev–Trinajstić information content (AvgIpc) is 3.40. The summed E-state index contributed by atoms with van der Waals surface area (Å²) in [5, 5.41) is 0. The molecule has 1 heterocycles. The molecule has 0 aliphatic rings. The number of esters is 3. The summed E-state index contributed by atoms with van der Waals surface area (Å²) >= 11 is 0. The highest BCUT2D eigenvalue weighted by molar-refractivity contribution is 5.92. The second kappa shape index (κ2) is 25.0. The molecule has 7 aromatic rings. The van der Waals surface area contributed by atoms with Gasteiger partial charge >= 0.3 is 35.0 Å². The molecule has 6 aromatic carbocycles. The van der Waals surface area contributed by atoms with Gasteiger partial charge in [-0.05, 0) is 165 Å². The number of hydrogen-bond donors (Lipinski definition) is 0. The van der Waals surface area contributed by atoms with E-state index in [1.165, 1.54) is 72.8 Å². The number of hydrogen-bond acceptors (Lipinski definition) is 15. The van der Waals surface area contributed by atoms with Gasteiger partial charge in [0.05, 0.1) is 36.5 Å². The van der Waals surface area contributed by atoms with E-state index in [2.05, 4.69) is 20.8 Å². The van der Waals surface area contributed by atoms with Crippen molar-refractivity contribution in [2.45, 2.75) is 59.3 Å². The van der Waals surface area contributed by atoms with E-state index in [4.69, 9.17) is 42.9 Å². The minimum Gasteiger partial charge on any atom is -0.494 e. The number of unbranched alkanes of at least 4 members (excludes halogenated alkanes) is 3. The van der Waals surface area contributed by atoms with Gasteiger partial charge in [-0.25, -0.2) is 28.8 Å². The van der Waals surface area contributed by atoms with Crippen LogP contribution in [0.4, 0.5) is 0 Å². The standard InChI is InChI=1S/C54H51N3O15/c1-4-7-34-64-40-16-10-37(11-17-40)49(58)67-43-22-28-46(29-23-43)70-55-52(61)56(71-47-30-24-44(25-31-47)68-50(59)38-12-18-41(19-13-38)65-35-8-5-2)54(63)57(53(55)62)72-48-32-26-45(27-33-48)69-51(60)39-14-20-42(21-15-39)66-36-9-6-3/h10-33H,4-9,34-36H2,1-3H3. The number of ether oxygens (including phenoxy) is 6. The molecule has 0 unspecified atom stereocenters. The molecule has 0 fully saturated rings. The van der Waals surface area contributed by atoms with Crippen molar-refractivity contribution >= 4 is 17.9 Å². The molecule has 0 amide bonds. The fourth-order valence-electron chi connectivity index (χ4n) is 6.31. The zero-order valence-electron chi connectivity index (χ0n) is 39.7. The lowest BCUT2D eigenvalue weighted by Gasteiger charge is -2.15. The minimum absolute atomic E-state index is 0.103. The van der Waals surface area contributed by atoms with Crippen LogP contribution >= 0.6 is 0 Å². The summed E-state index contributed by atoms with van der Waals surface area (Å²) < 4.78 is 34.1. The van der Waals surface area contributed by atoms with Gasteiger partial charge in [0.2, 0.25) is 0 Å². The van der Waals surface area contributed by atoms with Gasteiger partial charge in [-0.3, -0.25) is 0 Å². The van der Waals surface area contributed by atoms with Crippen LogP contribution in [0.5, 0.6) is 51.7 Å². The molecular weight excluding hydrogens is 931 g/mol. The van der Waals surface area contributed by atoms with Gasteiger partial charge in [-0.2, -0.15) is 0 Å². The summed E-state index contributed by atoms with van der Waals surface area (Å²) in [5.74, 6) is -0.107. The fourth-order valence-corrected chi connectivity index (χ4v) is 6.31. The molecule has 0 saturated carbocycles. The van der Waals surface area contributed by atoms with Gasteiger partial charge in [0.25, 0.3) is 0 Å². The van der Waals surface area contributed by atoms with Gasteiger partial charge in [-0.15, -0.1) is 0 Å². The maximum atomic E-state index is 13.9. The van der Waals surface area contributed by atoms with Crippen molar-refractivity contribution in [3.8, 4) is 51.7 Å². The lowest BCUT2D eigenvalue weighted by molar-refractivity contribution is 0.0650. The Kier molecular flexibility index (Phi) is 17.6. The highest BCUT2D eigenvalue weighted by Gasteiger charge is 2.22. The molecule has 0 saturated heterocycles. The average molecular weight is 982 g/mol. The second-order valence-corrected chi connectivity index (χ2v) is 15.8. The van der Waals surface area contributed by atoms with Gasteiger partial charge in [0, 0.05) is 0 Å². The van der Waals surface area contributed by atoms with Crippen molar-refractivity contribution in [3.05, 3.63) is 194 Å². The number of carbonyl (C=O) groups excluding carboxylic acids is 3. The van der Waals surface area contributed by atoms with Crippen LogP contribution in [0.1, 0.15) is 90.4 Å². The van der Waals surface area contributed by atoms with E-state index in [-0.39, 0.29) is 65.4 Å². The van der Waals surface area contributed by atoms with Gasteiger partial charge in [-0.1, -0.05) is 54.2 Å². The molecule has 0 bridgehead atoms. The van der Waals surface area contributed by atoms with Crippen molar-refractivity contribution in [2.24, 2.45) is 0 Å². The topological polar surface area (TPSA) is 200 Å². The lowest BCUT2D eigenvalue weighted by atomic mass is 10.2. The number of nitrogens with zero attached hydrogens (tertiary/aromatic N) is 3. The first-order chi connectivity index (χ1) is 35.0. The second-order valence-electron chi connectivity index (χ2n) is 15.8. The molecule has 72 heavy (non-hydrogen) atoms. The summed E-state index contributed by atoms with van der Waals surface area (Å²) in [6, 6.07) is 35.5. The van der Waals surface area contributed by atoms with E-state index < -0.39 is 35.0 Å². The van der Waals surface area contributed by atoms with Crippen LogP contribution in [-0.4, -0.2) is 51.9 Å². The first kappa shape index (κ1) is 50.8. The van der Waals surface area contributed by atoms with E-state index in [1.54, 1.807) is 72.8 Å². The third-order valence-electron chi connectivity index (χ3n) is 10.3. The van der Waals surface area contributed by atoms with Crippen LogP contribution in [0, 0.1) is 0 Å². The molecule has 18 nitrogen and oxygen atoms in total. The minimum atomic E-state index is -1.39. The first-order valence-electron chi connectivity index (χ1n) is 23.2. The molecule has 0 spiro atoms. The van der Waals surface area contributed by atoms with E-state index in [1.807, 2.05) is 0 Å². The fraction of sp³-hybridized carbons (Fsp3) is 0.222. The monoisotopic (exact) mass is 981 g/mol. The molecule has 0 N–H and O–H groups in total. The molecule has 0 atom stereocenters. The Morgan fingerprint density at radius 1 is 0.319 bits per heavy atom. The maximum Gasteiger partial charge on any atom is 0.404 e. The molecule has 0 radical (unpaired) electrons. The van der Waals surface area contributed by atoms with Gasteiger partial charge in [0.1, 0.15) is 34.5 Å². The first-order valence-corrected chi connectivity index (χ1v) is 23.2. The van der Waals surface area contributed by atoms with Crippen LogP contribution in [0.25, 0.3) is 0 Å². The molecular formula is C54H51N3O15. The molecule has 0 aliphatic heterocycles. The van der Waals surface area contributed by atoms with Crippen molar-refractivity contribution in [3.63, 3.8) is 0 Å². The Hall–Kier alpha value is -9.06. The SMILES string of the molecule is CCCCOc1ccc(C(=O)Oc2ccc(On3c(=O)n(Oc4ccc(OC(=O)c5ccc(OCCCC)cc5)cc4)c(=O)n(Oc4ccc(OC(=O)c5ccc(OCCCC)cc5)cc4)c3=O)cc2)cc1. The largest absolute Gasteiger partial charge is 0.494 e. The van der Waals surface area contributed by atoms with Crippen molar-refractivity contribution in [2.75, 3.05) is 19.8 Å². The Labute approximate surface area is 412 Å². The number of carbonyl (C=O) groups is 3. The normalized spacial score (nSPS) is 10.7. The molecule has 0 aliphatic carbocycles. The quantitative estimate of drug-likeness (QED) is 0.0315. The van der Waals surface area contributed by atoms with E-state index in [9.17, 15) is 28.8 Å². The summed E-state index contributed by atoms with van der Waals surface area (Å²) in [4.78, 5) is 97.5. The van der Waals surface area contributed by atoms with Gasteiger partial charge in [0.15, 0.2) is 17.2 Å². The third-order valence-corrected chi connectivity index (χ3v) is 10.3. The Bertz CT molecular complexity index is 2730. The summed E-state index contributed by atoms with van der Waals surface area (Å²) in [6.45, 7) is 7.83. The summed E-state index contributed by atoms with van der Waals surface area (Å²) in [5.41, 5.74) is -3.36. The van der Waals surface area contributed by atoms with Crippen LogP contribution in [0.3, 0.4) is 0 Å². The van der Waals surface area contributed by atoms with Crippen LogP contribution in [0.2, 0.25) is 0 Å². The Morgan fingerprint density at radius 2 is 0.528 bits per heavy atom. The van der Waals surface area contributed by atoms with E-state index >= 15 is 0 Å². The smallest absolute Gasteiger partial charge is 0.404 e. The predicted molar refractivity (Wildman–Crippen MR) is 262 cm³/mol. The zero-order chi connectivity index (χ0) is 50.8. The van der Waals surface area contributed by atoms with Crippen molar-refractivity contribution in [1.82, 2.24) is 14.2 Å². The lowest BCUT2D eigenvalue weighted by Crippen LogP contribution is -2.58. The number of aromatic nitrogens is 3. The van der Waals surface area contributed by atoms with Crippen molar-refractivity contribution < 1.29 is 57.3 Å². The molecule has 1 aromatic heterocycles. The van der Waals surface area contributed by atoms with E-state index in [0.717, 1.165) is 38.5 Å². The molecule has 18 heteroatoms. The van der Waals surface area contributed by atoms with Crippen LogP contribution in [-0.2, 0) is 0 Å². The maximum absolute atomic E-state index is 13.9. The number of benzene rings is 6. The highest BCUT2D eigenvalue weighted by atomic mass is 16.7. The van der Waals surface area contributed by atoms with Crippen LogP contribution in [0.15, 0.2) is 160 Å². The van der Waals surface area contributed by atoms with Gasteiger partial charge < -0.3 is 42.9 Å². The van der Waals surface area contributed by atoms with E-state index in [0.29, 0.717) is 37.1 Å². The Balaban J connectivity index is 1.09.